The van der Waals surface area contributed by atoms with E-state index in [0.717, 1.165) is 17.3 Å². The molecule has 0 saturated carbocycles. The van der Waals surface area contributed by atoms with E-state index >= 15 is 0 Å². The zero-order valence-electron chi connectivity index (χ0n) is 14.4. The number of esters is 2. The van der Waals surface area contributed by atoms with Crippen LogP contribution < -0.4 is 5.32 Å². The minimum atomic E-state index is -0.563. The zero-order chi connectivity index (χ0) is 17.9. The molecule has 0 aromatic heterocycles. The van der Waals surface area contributed by atoms with E-state index in [1.165, 1.54) is 0 Å². The quantitative estimate of drug-likeness (QED) is 0.493. The van der Waals surface area contributed by atoms with Gasteiger partial charge >= 0.3 is 11.9 Å². The number of halogens is 1. The van der Waals surface area contributed by atoms with Crippen molar-refractivity contribution in [1.29, 1.82) is 0 Å². The van der Waals surface area contributed by atoms with Crippen molar-refractivity contribution in [2.45, 2.75) is 40.0 Å². The van der Waals surface area contributed by atoms with Crippen LogP contribution in [0.4, 0.5) is 5.69 Å². The lowest BCUT2D eigenvalue weighted by atomic mass is 10.1. The van der Waals surface area contributed by atoms with Gasteiger partial charge in [0.25, 0.3) is 0 Å². The molecule has 0 amide bonds. The first-order valence-corrected chi connectivity index (χ1v) is 8.93. The van der Waals surface area contributed by atoms with E-state index in [1.807, 2.05) is 31.2 Å². The van der Waals surface area contributed by atoms with Crippen molar-refractivity contribution < 1.29 is 19.1 Å². The molecule has 0 unspecified atom stereocenters. The molecule has 0 heterocycles. The van der Waals surface area contributed by atoms with E-state index < -0.39 is 11.9 Å². The van der Waals surface area contributed by atoms with Crippen LogP contribution in [0.2, 0.25) is 0 Å². The van der Waals surface area contributed by atoms with Crippen LogP contribution in [0.5, 0.6) is 0 Å². The second-order valence-corrected chi connectivity index (χ2v) is 5.86. The number of benzene rings is 1. The van der Waals surface area contributed by atoms with Crippen molar-refractivity contribution in [1.82, 2.24) is 0 Å². The van der Waals surface area contributed by atoms with Crippen molar-refractivity contribution in [3.63, 3.8) is 0 Å². The number of hydrogen-bond acceptors (Lipinski definition) is 5. The minimum Gasteiger partial charge on any atom is -0.463 e. The molecule has 24 heavy (non-hydrogen) atoms. The summed E-state index contributed by atoms with van der Waals surface area (Å²) < 4.78 is 11.0. The molecule has 6 heteroatoms. The topological polar surface area (TPSA) is 64.6 Å². The maximum Gasteiger partial charge on any atom is 0.355 e. The summed E-state index contributed by atoms with van der Waals surface area (Å²) in [6.45, 7) is 5.96. The average Bonchev–Trinajstić information content (AvgIpc) is 2.56. The number of carbonyl (C=O) groups is 2. The van der Waals surface area contributed by atoms with Crippen LogP contribution in [-0.2, 0) is 19.1 Å². The van der Waals surface area contributed by atoms with Gasteiger partial charge in [0.1, 0.15) is 5.70 Å². The summed E-state index contributed by atoms with van der Waals surface area (Å²) in [6.07, 6.45) is 2.11. The Morgan fingerprint density at radius 1 is 1.04 bits per heavy atom. The molecule has 1 aromatic carbocycles. The van der Waals surface area contributed by atoms with Gasteiger partial charge in [-0.1, -0.05) is 25.5 Å². The minimum absolute atomic E-state index is 0.135. The maximum absolute atomic E-state index is 12.4. The van der Waals surface area contributed by atoms with E-state index in [4.69, 9.17) is 9.47 Å². The van der Waals surface area contributed by atoms with Crippen LogP contribution in [0.3, 0.4) is 0 Å². The van der Waals surface area contributed by atoms with E-state index in [2.05, 4.69) is 21.2 Å². The van der Waals surface area contributed by atoms with Gasteiger partial charge in [-0.15, -0.1) is 0 Å². The van der Waals surface area contributed by atoms with Crippen LogP contribution in [0.1, 0.15) is 40.0 Å². The molecule has 0 radical (unpaired) electrons. The van der Waals surface area contributed by atoms with Gasteiger partial charge in [0.15, 0.2) is 0 Å². The zero-order valence-corrected chi connectivity index (χ0v) is 15.9. The first kappa shape index (κ1) is 20.2. The van der Waals surface area contributed by atoms with Gasteiger partial charge in [-0.2, -0.15) is 0 Å². The molecule has 1 rings (SSSR count). The van der Waals surface area contributed by atoms with Crippen LogP contribution in [0.25, 0.3) is 0 Å². The fraction of sp³-hybridized carbons (Fsp3) is 0.444. The summed E-state index contributed by atoms with van der Waals surface area (Å²) in [7, 11) is 0. The van der Waals surface area contributed by atoms with Gasteiger partial charge in [-0.05, 0) is 54.8 Å². The summed E-state index contributed by atoms with van der Waals surface area (Å²) in [6, 6.07) is 7.37. The van der Waals surface area contributed by atoms with Crippen LogP contribution in [0, 0.1) is 0 Å². The molecular weight excluding hydrogens is 374 g/mol. The highest BCUT2D eigenvalue weighted by Crippen LogP contribution is 2.25. The number of hydrogen-bond donors (Lipinski definition) is 1. The Morgan fingerprint density at radius 3 is 2.25 bits per heavy atom. The van der Waals surface area contributed by atoms with Gasteiger partial charge in [0.2, 0.25) is 0 Å². The predicted octanol–water partition coefficient (Wildman–Crippen LogP) is 4.43. The van der Waals surface area contributed by atoms with E-state index in [-0.39, 0.29) is 18.9 Å². The van der Waals surface area contributed by atoms with E-state index in [1.54, 1.807) is 13.8 Å². The van der Waals surface area contributed by atoms with Crippen molar-refractivity contribution in [3.05, 3.63) is 40.0 Å². The Balaban J connectivity index is 3.30. The molecule has 0 aliphatic carbocycles. The number of carbonyl (C=O) groups excluding carboxylic acids is 2. The molecule has 0 saturated heterocycles. The third-order valence-electron chi connectivity index (χ3n) is 3.22. The highest BCUT2D eigenvalue weighted by molar-refractivity contribution is 9.10. The molecule has 0 aliphatic heterocycles. The van der Waals surface area contributed by atoms with Gasteiger partial charge in [0.05, 0.1) is 24.5 Å². The summed E-state index contributed by atoms with van der Waals surface area (Å²) in [5, 5.41) is 3.04. The molecular formula is C18H24BrNO4. The lowest BCUT2D eigenvalue weighted by molar-refractivity contribution is -0.141. The molecule has 1 aromatic rings. The van der Waals surface area contributed by atoms with Crippen LogP contribution >= 0.6 is 15.9 Å². The van der Waals surface area contributed by atoms with Gasteiger partial charge in [0, 0.05) is 4.47 Å². The number of ether oxygens (including phenoxy) is 2. The summed E-state index contributed by atoms with van der Waals surface area (Å²) in [5.41, 5.74) is 1.13. The standard InChI is InChI=1S/C18H24BrNO4/c1-4-7-10-13(17(21)23-5-2)16(18(22)24-6-3)20-15-12-9-8-11-14(15)19/h8-9,11-12,20H,4-7,10H2,1-3H3. The number of unbranched alkanes of at least 4 members (excludes halogenated alkanes) is 1. The van der Waals surface area contributed by atoms with Crippen LogP contribution in [-0.4, -0.2) is 25.2 Å². The Hall–Kier alpha value is -1.82. The van der Waals surface area contributed by atoms with Crippen LogP contribution in [0.15, 0.2) is 40.0 Å². The second-order valence-electron chi connectivity index (χ2n) is 5.00. The van der Waals surface area contributed by atoms with Crippen molar-refractivity contribution in [2.75, 3.05) is 18.5 Å². The fourth-order valence-electron chi connectivity index (χ4n) is 2.05. The molecule has 0 aliphatic rings. The highest BCUT2D eigenvalue weighted by Gasteiger charge is 2.23. The largest absolute Gasteiger partial charge is 0.463 e. The maximum atomic E-state index is 12.4. The molecule has 0 bridgehead atoms. The Bertz CT molecular complexity index is 598. The molecule has 0 fully saturated rings. The lowest BCUT2D eigenvalue weighted by Gasteiger charge is -2.16. The van der Waals surface area contributed by atoms with Crippen molar-refractivity contribution >= 4 is 33.6 Å². The Morgan fingerprint density at radius 2 is 1.67 bits per heavy atom. The van der Waals surface area contributed by atoms with Gasteiger partial charge < -0.3 is 14.8 Å². The van der Waals surface area contributed by atoms with Gasteiger partial charge in [-0.3, -0.25) is 0 Å². The summed E-state index contributed by atoms with van der Waals surface area (Å²) in [5.74, 6) is -1.05. The summed E-state index contributed by atoms with van der Waals surface area (Å²) in [4.78, 5) is 24.7. The third kappa shape index (κ3) is 6.00. The number of nitrogens with one attached hydrogen (secondary N) is 1. The summed E-state index contributed by atoms with van der Waals surface area (Å²) >= 11 is 3.43. The number of para-hydroxylation sites is 1. The van der Waals surface area contributed by atoms with Gasteiger partial charge in [-0.25, -0.2) is 9.59 Å². The van der Waals surface area contributed by atoms with E-state index in [0.29, 0.717) is 17.7 Å². The molecule has 0 spiro atoms. The Kier molecular flexibility index (Phi) is 9.15. The fourth-order valence-corrected chi connectivity index (χ4v) is 2.43. The SMILES string of the molecule is CCCCC(C(=O)OCC)=C(Nc1ccccc1Br)C(=O)OCC. The predicted molar refractivity (Wildman–Crippen MR) is 97.6 cm³/mol. The normalized spacial score (nSPS) is 11.5. The molecule has 5 nitrogen and oxygen atoms in total. The molecule has 132 valence electrons. The molecule has 1 N–H and O–H groups in total. The second kappa shape index (κ2) is 10.9. The van der Waals surface area contributed by atoms with Crippen molar-refractivity contribution in [2.24, 2.45) is 0 Å². The number of anilines is 1. The lowest BCUT2D eigenvalue weighted by Crippen LogP contribution is -2.22. The molecule has 0 atom stereocenters. The average molecular weight is 398 g/mol. The first-order chi connectivity index (χ1) is 11.5. The van der Waals surface area contributed by atoms with Crippen molar-refractivity contribution in [3.8, 4) is 0 Å². The first-order valence-electron chi connectivity index (χ1n) is 8.14. The third-order valence-corrected chi connectivity index (χ3v) is 3.91. The monoisotopic (exact) mass is 397 g/mol. The van der Waals surface area contributed by atoms with E-state index in [9.17, 15) is 9.59 Å². The smallest absolute Gasteiger partial charge is 0.355 e. The Labute approximate surface area is 151 Å². The number of rotatable bonds is 9. The highest BCUT2D eigenvalue weighted by atomic mass is 79.9.